The first-order valence-electron chi connectivity index (χ1n) is 45.6. The number of aliphatic imine (C=N–C) groups is 5. The predicted octanol–water partition coefficient (Wildman–Crippen LogP) is 14.5. The van der Waals surface area contributed by atoms with Crippen molar-refractivity contribution < 1.29 is 45.6 Å². The Bertz CT molecular complexity index is 5770. The Morgan fingerprint density at radius 2 is 0.810 bits per heavy atom. The summed E-state index contributed by atoms with van der Waals surface area (Å²) in [6.07, 6.45) is 17.5. The standard InChI is InChI=1S/C25H30N6O2.C24H31N7O2.C23H33ClN6O3S.C21H28N8O3S.4CH4/c1-25(2)12-10-16(11-13-25)22-19(29-23(32)20-8-9-21(26-3)27-20)7-6-18(28-22)17-14-30(4)24(33)31(5)15-17;1-24(2)10-12-31(13-11-24)21-18(28-22(32)19-8-9-20(25-3)26-19)7-6-17(27-21)16-14-29(4)23(33)30(5)15-16;1-4-29-14-17(15-30(5-2)34(29,32)33)18-6-7-19(27-23(31)20-8-9-21(24)25-20)22(26-18)28-12-10-16(3)11-13-28;1-14-7-9-29(10-8-14)19-17(25-20(30)18-11-23-21(22-2)26-18)6-5-16(24-19)15-12-27(3)33(31,32)28(4)13-15;;;;/h6-7,9-10,17H,8,11-15H2,1-2,4-5H3,(H,29,32);6-7,9,16H,8,10-15H2,1-2,4-5H3,(H,28,32);6-7,9,16-17H,4-5,8,10-15H2,1-3H3,(H,27,31);5-6,14-15H,7-13H2,1,3-4H3,(H,25,30);4*1H4. The third kappa shape index (κ3) is 26.2. The van der Waals surface area contributed by atoms with Gasteiger partial charge in [-0.25, -0.2) is 29.5 Å². The zero-order valence-corrected chi connectivity index (χ0v) is 80.9. The van der Waals surface area contributed by atoms with Crippen LogP contribution in [0.2, 0.25) is 0 Å². The maximum atomic E-state index is 12.8. The first-order chi connectivity index (χ1) is 63.2. The maximum absolute atomic E-state index is 12.8. The van der Waals surface area contributed by atoms with E-state index in [0.29, 0.717) is 147 Å². The quantitative estimate of drug-likeness (QED) is 0.0531. The van der Waals surface area contributed by atoms with Crippen LogP contribution in [0.25, 0.3) is 20.1 Å². The van der Waals surface area contributed by atoms with Crippen molar-refractivity contribution in [3.63, 3.8) is 0 Å². The van der Waals surface area contributed by atoms with Crippen LogP contribution in [0.15, 0.2) is 115 Å². The fraction of sp³-hybridized carbons (Fsp3) is 0.567. The topological polar surface area (TPSA) is 381 Å². The molecular formula is C97H138ClN27O10S2. The SMILES string of the molecule is C.C.C.C.CCN1CC(c2ccc(NC(=O)C3=NC(Cl)=CC3)c(N3CCC(C)CC3)n2)CN(CC)S1(=O)=O.[C-]#[N+]C1=CCC(C(=O)Nc2ccc(C3CN(C)C(=O)N(C)C3)nc2C2=CCC(C)(C)CC2)=N1.[C-]#[N+]C1=CCC(C(=O)Nc2ccc(C3CN(C)C(=O)N(C)C3)nc2N2CCC(C)(C)CC2)=N1.[C-]#[N+]C1=NCC(C(=O)Nc2ccc(C3CN(C)S(=O)(=O)N(C)C3)nc2N2CCC(C)CC2)=N1. The molecule has 137 heavy (non-hydrogen) atoms. The van der Waals surface area contributed by atoms with Crippen LogP contribution in [0.5, 0.6) is 0 Å². The van der Waals surface area contributed by atoms with Crippen molar-refractivity contribution in [2.45, 2.75) is 186 Å². The molecule has 4 aromatic rings. The van der Waals surface area contributed by atoms with Crippen molar-refractivity contribution in [3.05, 3.63) is 152 Å². The number of aromatic nitrogens is 4. The monoisotopic (exact) mass is 1940 g/mol. The second-order valence-electron chi connectivity index (χ2n) is 37.7. The number of likely N-dealkylation sites (N-methyl/N-ethyl adjacent to an activating group) is 8. The third-order valence-corrected chi connectivity index (χ3v) is 30.7. The fourth-order valence-electron chi connectivity index (χ4n) is 18.0. The van der Waals surface area contributed by atoms with Gasteiger partial charge in [-0.1, -0.05) is 128 Å². The molecule has 15 heterocycles. The molecule has 0 radical (unpaired) electrons. The number of carbonyl (C=O) groups is 6. The third-order valence-electron chi connectivity index (χ3n) is 26.5. The Labute approximate surface area is 815 Å². The molecule has 1 aliphatic carbocycles. The number of hydrogen-bond donors (Lipinski definition) is 4. The zero-order chi connectivity index (χ0) is 95.7. The van der Waals surface area contributed by atoms with Crippen LogP contribution in [0.3, 0.4) is 0 Å². The molecule has 11 aliphatic heterocycles. The zero-order valence-electron chi connectivity index (χ0n) is 78.5. The molecule has 7 fully saturated rings. The number of pyridine rings is 4. The van der Waals surface area contributed by atoms with Crippen LogP contribution >= 0.6 is 11.6 Å². The van der Waals surface area contributed by atoms with Gasteiger partial charge in [0.05, 0.1) is 28.4 Å². The van der Waals surface area contributed by atoms with Gasteiger partial charge in [-0.05, 0) is 141 Å². The summed E-state index contributed by atoms with van der Waals surface area (Å²) >= 11 is 5.92. The van der Waals surface area contributed by atoms with Crippen LogP contribution in [-0.4, -0.2) is 292 Å². The number of guanidine groups is 1. The minimum Gasteiger partial charge on any atom is -0.394 e. The Hall–Kier alpha value is -11.8. The molecule has 0 bridgehead atoms. The minimum atomic E-state index is -3.44. The van der Waals surface area contributed by atoms with Crippen LogP contribution in [0.1, 0.15) is 214 Å². The van der Waals surface area contributed by atoms with E-state index in [-0.39, 0.29) is 124 Å². The van der Waals surface area contributed by atoms with Gasteiger partial charge in [-0.3, -0.25) is 24.2 Å². The highest BCUT2D eigenvalue weighted by Crippen LogP contribution is 2.43. The molecule has 0 unspecified atom stereocenters. The lowest BCUT2D eigenvalue weighted by molar-refractivity contribution is -0.111. The van der Waals surface area contributed by atoms with Gasteiger partial charge in [0.1, 0.15) is 17.4 Å². The number of halogens is 1. The van der Waals surface area contributed by atoms with E-state index in [2.05, 4.69) is 123 Å². The Kier molecular flexibility index (Phi) is 37.0. The van der Waals surface area contributed by atoms with Crippen molar-refractivity contribution in [2.75, 3.05) is 190 Å². The molecule has 0 spiro atoms. The molecule has 16 rings (SSSR count). The Morgan fingerprint density at radius 3 is 1.18 bits per heavy atom. The number of allylic oxidation sites excluding steroid dienone is 5. The average molecular weight is 1940 g/mol. The molecule has 0 aromatic carbocycles. The summed E-state index contributed by atoms with van der Waals surface area (Å²) in [5.41, 5.74) is 9.66. The molecule has 40 heteroatoms. The van der Waals surface area contributed by atoms with E-state index in [9.17, 15) is 45.6 Å². The second kappa shape index (κ2) is 46.6. The smallest absolute Gasteiger partial charge is 0.367 e. The summed E-state index contributed by atoms with van der Waals surface area (Å²) in [5, 5.41) is 12.2. The largest absolute Gasteiger partial charge is 0.394 e. The number of urea groups is 2. The summed E-state index contributed by atoms with van der Waals surface area (Å²) in [4.78, 5) is 139. The van der Waals surface area contributed by atoms with Crippen molar-refractivity contribution >= 4 is 142 Å². The molecule has 0 saturated carbocycles. The predicted molar refractivity (Wildman–Crippen MR) is 546 cm³/mol. The van der Waals surface area contributed by atoms with Crippen LogP contribution in [0, 0.1) is 42.4 Å². The lowest BCUT2D eigenvalue weighted by Crippen LogP contribution is -2.52. The van der Waals surface area contributed by atoms with E-state index in [1.165, 1.54) is 17.2 Å². The normalized spacial score (nSPS) is 21.1. The highest BCUT2D eigenvalue weighted by Gasteiger charge is 2.42. The highest BCUT2D eigenvalue weighted by molar-refractivity contribution is 7.87. The molecule has 37 nitrogen and oxygen atoms in total. The highest BCUT2D eigenvalue weighted by atomic mass is 35.5. The summed E-state index contributed by atoms with van der Waals surface area (Å²) in [6, 6.07) is 15.2. The van der Waals surface area contributed by atoms with E-state index in [1.54, 1.807) is 80.1 Å². The molecule has 4 aromatic heterocycles. The maximum Gasteiger partial charge on any atom is 0.367 e. The van der Waals surface area contributed by atoms with Gasteiger partial charge in [-0.15, -0.1) is 21.5 Å². The number of amides is 8. The van der Waals surface area contributed by atoms with Crippen molar-refractivity contribution in [1.82, 2.24) is 56.8 Å². The Morgan fingerprint density at radius 1 is 0.445 bits per heavy atom. The number of carbonyl (C=O) groups excluding carboxylic acids is 6. The van der Waals surface area contributed by atoms with Crippen molar-refractivity contribution in [3.8, 4) is 0 Å². The molecule has 740 valence electrons. The molecular weight excluding hydrogens is 1800 g/mol. The van der Waals surface area contributed by atoms with Crippen LogP contribution in [-0.2, 0) is 39.6 Å². The number of anilines is 7. The average Bonchev–Trinajstić information content (AvgIpc) is 1.19. The van der Waals surface area contributed by atoms with Crippen molar-refractivity contribution in [2.24, 2.45) is 47.6 Å². The molecule has 8 amide bonds. The molecule has 0 atom stereocenters. The van der Waals surface area contributed by atoms with Gasteiger partial charge in [0, 0.05) is 213 Å². The van der Waals surface area contributed by atoms with Crippen molar-refractivity contribution in [1.29, 1.82) is 0 Å². The van der Waals surface area contributed by atoms with E-state index in [1.807, 2.05) is 62.4 Å². The summed E-state index contributed by atoms with van der Waals surface area (Å²) < 4.78 is 55.9. The number of nitrogens with zero attached hydrogens (tertiary/aromatic N) is 23. The number of piperidine rings is 3. The Balaban J connectivity index is 0.000000203. The van der Waals surface area contributed by atoms with Crippen LogP contribution < -0.4 is 36.0 Å². The summed E-state index contributed by atoms with van der Waals surface area (Å²) in [7, 11) is 3.50. The fourth-order valence-corrected chi connectivity index (χ4v) is 21.1. The number of nitrogens with one attached hydrogen (secondary N) is 4. The second-order valence-corrected chi connectivity index (χ2v) is 42.1. The van der Waals surface area contributed by atoms with E-state index in [4.69, 9.17) is 51.3 Å². The van der Waals surface area contributed by atoms with Gasteiger partial charge in [-0.2, -0.15) is 39.0 Å². The van der Waals surface area contributed by atoms with Gasteiger partial charge >= 0.3 is 18.0 Å². The summed E-state index contributed by atoms with van der Waals surface area (Å²) in [6.45, 7) is 48.3. The lowest BCUT2D eigenvalue weighted by Gasteiger charge is -2.39. The van der Waals surface area contributed by atoms with Gasteiger partial charge in [0.2, 0.25) is 0 Å². The first-order valence-corrected chi connectivity index (χ1v) is 48.7. The van der Waals surface area contributed by atoms with E-state index < -0.39 is 26.3 Å². The first kappa shape index (κ1) is 109. The molecule has 4 N–H and O–H groups in total. The van der Waals surface area contributed by atoms with E-state index >= 15 is 0 Å². The number of hydrogen-bond acceptors (Lipinski definition) is 22. The van der Waals surface area contributed by atoms with Gasteiger partial charge < -0.3 is 70.1 Å². The van der Waals surface area contributed by atoms with Gasteiger partial charge in [0.25, 0.3) is 55.7 Å². The van der Waals surface area contributed by atoms with Gasteiger partial charge in [0.15, 0.2) is 34.6 Å². The lowest BCUT2D eigenvalue weighted by atomic mass is 9.77. The summed E-state index contributed by atoms with van der Waals surface area (Å²) in [5.74, 6) is 2.68. The number of rotatable bonds is 18. The van der Waals surface area contributed by atoms with E-state index in [0.717, 1.165) is 143 Å². The van der Waals surface area contributed by atoms with Crippen LogP contribution in [0.4, 0.5) is 49.8 Å². The minimum absolute atomic E-state index is 0. The molecule has 12 aliphatic rings. The molecule has 7 saturated heterocycles.